The summed E-state index contributed by atoms with van der Waals surface area (Å²) >= 11 is 0. The normalized spacial score (nSPS) is 20.9. The van der Waals surface area contributed by atoms with Gasteiger partial charge in [-0.1, -0.05) is 12.1 Å². The minimum atomic E-state index is 0.0521. The maximum Gasteiger partial charge on any atom is 0.234 e. The van der Waals surface area contributed by atoms with Crippen LogP contribution in [0.1, 0.15) is 38.4 Å². The second-order valence-corrected chi connectivity index (χ2v) is 4.61. The fourth-order valence-electron chi connectivity index (χ4n) is 2.41. The molecule has 1 aliphatic heterocycles. The second kappa shape index (κ2) is 5.40. The molecule has 1 fully saturated rings. The summed E-state index contributed by atoms with van der Waals surface area (Å²) in [5.41, 5.74) is 0. The zero-order valence-electron chi connectivity index (χ0n) is 10.5. The van der Waals surface area contributed by atoms with E-state index in [0.717, 1.165) is 18.8 Å². The Morgan fingerprint density at radius 3 is 3.12 bits per heavy atom. The molecule has 0 bridgehead atoms. The molecule has 0 N–H and O–H groups in total. The number of likely N-dealkylation sites (N-methyl/N-ethyl adjacent to an activating group) is 1. The van der Waals surface area contributed by atoms with Crippen LogP contribution in [0.3, 0.4) is 0 Å². The highest BCUT2D eigenvalue weighted by Crippen LogP contribution is 2.19. The quantitative estimate of drug-likeness (QED) is 0.770. The molecule has 1 saturated heterocycles. The van der Waals surface area contributed by atoms with Crippen molar-refractivity contribution < 1.29 is 9.32 Å². The molecule has 94 valence electrons. The molecule has 5 heteroatoms. The Morgan fingerprint density at radius 2 is 2.41 bits per heavy atom. The average Bonchev–Trinajstić information content (AvgIpc) is 2.87. The van der Waals surface area contributed by atoms with Gasteiger partial charge in [0.15, 0.2) is 5.82 Å². The first-order valence-corrected chi connectivity index (χ1v) is 6.24. The Balaban J connectivity index is 1.94. The van der Waals surface area contributed by atoms with E-state index in [1.807, 2.05) is 0 Å². The van der Waals surface area contributed by atoms with E-state index in [1.165, 1.54) is 26.3 Å². The van der Waals surface area contributed by atoms with Gasteiger partial charge in [-0.05, 0) is 32.9 Å². The molecule has 5 nitrogen and oxygen atoms in total. The van der Waals surface area contributed by atoms with E-state index in [9.17, 15) is 4.79 Å². The molecule has 1 aliphatic rings. The molecule has 0 radical (unpaired) electrons. The van der Waals surface area contributed by atoms with E-state index in [-0.39, 0.29) is 12.2 Å². The number of rotatable bonds is 5. The van der Waals surface area contributed by atoms with E-state index in [0.29, 0.717) is 11.9 Å². The van der Waals surface area contributed by atoms with Gasteiger partial charge in [0.05, 0.1) is 6.42 Å². The molecular weight excluding hydrogens is 218 g/mol. The standard InChI is InChI=1S/C12H19N3O2/c1-3-15-6-4-5-10(15)8-11-13-12(17-14-11)7-9(2)16/h10H,3-8H2,1-2H3. The van der Waals surface area contributed by atoms with Gasteiger partial charge in [-0.15, -0.1) is 0 Å². The molecule has 1 unspecified atom stereocenters. The summed E-state index contributed by atoms with van der Waals surface area (Å²) in [6, 6.07) is 0.530. The second-order valence-electron chi connectivity index (χ2n) is 4.61. The van der Waals surface area contributed by atoms with Gasteiger partial charge >= 0.3 is 0 Å². The summed E-state index contributed by atoms with van der Waals surface area (Å²) in [7, 11) is 0. The summed E-state index contributed by atoms with van der Waals surface area (Å²) < 4.78 is 5.05. The smallest absolute Gasteiger partial charge is 0.234 e. The number of likely N-dealkylation sites (tertiary alicyclic amines) is 1. The van der Waals surface area contributed by atoms with Crippen LogP contribution in [0, 0.1) is 0 Å². The first-order chi connectivity index (χ1) is 8.19. The predicted molar refractivity (Wildman–Crippen MR) is 62.7 cm³/mol. The fourth-order valence-corrected chi connectivity index (χ4v) is 2.41. The van der Waals surface area contributed by atoms with Crippen molar-refractivity contribution in [1.29, 1.82) is 0 Å². The van der Waals surface area contributed by atoms with Gasteiger partial charge in [-0.3, -0.25) is 4.79 Å². The summed E-state index contributed by atoms with van der Waals surface area (Å²) in [5.74, 6) is 1.22. The van der Waals surface area contributed by atoms with Gasteiger partial charge in [-0.25, -0.2) is 0 Å². The zero-order chi connectivity index (χ0) is 12.3. The van der Waals surface area contributed by atoms with E-state index in [1.54, 1.807) is 0 Å². The molecule has 17 heavy (non-hydrogen) atoms. The number of aromatic nitrogens is 2. The predicted octanol–water partition coefficient (Wildman–Crippen LogP) is 1.23. The van der Waals surface area contributed by atoms with Crippen LogP contribution < -0.4 is 0 Å². The Kier molecular flexibility index (Phi) is 3.89. The van der Waals surface area contributed by atoms with Crippen LogP contribution in [-0.4, -0.2) is 40.0 Å². The van der Waals surface area contributed by atoms with Gasteiger partial charge in [0.2, 0.25) is 5.89 Å². The average molecular weight is 237 g/mol. The summed E-state index contributed by atoms with van der Waals surface area (Å²) in [5, 5.41) is 3.94. The van der Waals surface area contributed by atoms with Gasteiger partial charge in [0, 0.05) is 12.5 Å². The SMILES string of the molecule is CCN1CCCC1Cc1noc(CC(C)=O)n1. The van der Waals surface area contributed by atoms with Crippen molar-refractivity contribution in [2.45, 2.75) is 45.6 Å². The molecule has 1 atom stereocenters. The number of Topliss-reactive ketones (excluding diaryl/α,β-unsaturated/α-hetero) is 1. The lowest BCUT2D eigenvalue weighted by molar-refractivity contribution is -0.116. The van der Waals surface area contributed by atoms with E-state index < -0.39 is 0 Å². The molecule has 2 heterocycles. The molecule has 1 aromatic heterocycles. The van der Waals surface area contributed by atoms with Gasteiger partial charge in [0.1, 0.15) is 5.78 Å². The monoisotopic (exact) mass is 237 g/mol. The maximum atomic E-state index is 10.9. The molecule has 2 rings (SSSR count). The van der Waals surface area contributed by atoms with Crippen LogP contribution >= 0.6 is 0 Å². The lowest BCUT2D eigenvalue weighted by Crippen LogP contribution is -2.31. The molecule has 0 amide bonds. The lowest BCUT2D eigenvalue weighted by Gasteiger charge is -2.20. The molecule has 1 aromatic rings. The number of hydrogen-bond donors (Lipinski definition) is 0. The van der Waals surface area contributed by atoms with Crippen molar-refractivity contribution in [3.63, 3.8) is 0 Å². The van der Waals surface area contributed by atoms with Crippen LogP contribution in [0.5, 0.6) is 0 Å². The summed E-state index contributed by atoms with van der Waals surface area (Å²) in [6.45, 7) is 5.94. The Labute approximate surface area is 101 Å². The van der Waals surface area contributed by atoms with Crippen LogP contribution in [0.25, 0.3) is 0 Å². The van der Waals surface area contributed by atoms with Crippen LogP contribution in [-0.2, 0) is 17.6 Å². The topological polar surface area (TPSA) is 59.2 Å². The van der Waals surface area contributed by atoms with Crippen molar-refractivity contribution in [3.8, 4) is 0 Å². The Morgan fingerprint density at radius 1 is 1.59 bits per heavy atom. The van der Waals surface area contributed by atoms with E-state index >= 15 is 0 Å². The molecule has 0 aromatic carbocycles. The van der Waals surface area contributed by atoms with Crippen molar-refractivity contribution in [1.82, 2.24) is 15.0 Å². The number of hydrogen-bond acceptors (Lipinski definition) is 5. The highest BCUT2D eigenvalue weighted by molar-refractivity contribution is 5.77. The third-order valence-corrected chi connectivity index (χ3v) is 3.23. The zero-order valence-corrected chi connectivity index (χ0v) is 10.5. The van der Waals surface area contributed by atoms with Crippen molar-refractivity contribution in [3.05, 3.63) is 11.7 Å². The minimum Gasteiger partial charge on any atom is -0.339 e. The molecule has 0 aliphatic carbocycles. The summed E-state index contributed by atoms with van der Waals surface area (Å²) in [4.78, 5) is 17.6. The van der Waals surface area contributed by atoms with Crippen LogP contribution in [0.4, 0.5) is 0 Å². The number of ketones is 1. The Bertz CT molecular complexity index is 389. The highest BCUT2D eigenvalue weighted by Gasteiger charge is 2.24. The lowest BCUT2D eigenvalue weighted by atomic mass is 10.1. The largest absolute Gasteiger partial charge is 0.339 e. The number of nitrogens with zero attached hydrogens (tertiary/aromatic N) is 3. The maximum absolute atomic E-state index is 10.9. The number of carbonyl (C=O) groups is 1. The van der Waals surface area contributed by atoms with Gasteiger partial charge < -0.3 is 9.42 Å². The Hall–Kier alpha value is -1.23. The minimum absolute atomic E-state index is 0.0521. The summed E-state index contributed by atoms with van der Waals surface area (Å²) in [6.07, 6.45) is 3.52. The van der Waals surface area contributed by atoms with Gasteiger partial charge in [0.25, 0.3) is 0 Å². The van der Waals surface area contributed by atoms with Crippen molar-refractivity contribution in [2.75, 3.05) is 13.1 Å². The van der Waals surface area contributed by atoms with Crippen molar-refractivity contribution in [2.24, 2.45) is 0 Å². The third-order valence-electron chi connectivity index (χ3n) is 3.23. The van der Waals surface area contributed by atoms with Crippen molar-refractivity contribution >= 4 is 5.78 Å². The first-order valence-electron chi connectivity index (χ1n) is 6.24. The molecule has 0 saturated carbocycles. The number of carbonyl (C=O) groups excluding carboxylic acids is 1. The highest BCUT2D eigenvalue weighted by atomic mass is 16.5. The molecule has 0 spiro atoms. The van der Waals surface area contributed by atoms with Crippen LogP contribution in [0.15, 0.2) is 4.52 Å². The third kappa shape index (κ3) is 3.12. The van der Waals surface area contributed by atoms with Crippen LogP contribution in [0.2, 0.25) is 0 Å². The molecular formula is C12H19N3O2. The first kappa shape index (κ1) is 12.2. The van der Waals surface area contributed by atoms with Gasteiger partial charge in [-0.2, -0.15) is 4.98 Å². The fraction of sp³-hybridized carbons (Fsp3) is 0.750. The van der Waals surface area contributed by atoms with E-state index in [2.05, 4.69) is 22.0 Å². The van der Waals surface area contributed by atoms with E-state index in [4.69, 9.17) is 4.52 Å².